The topological polar surface area (TPSA) is 0 Å². The molecule has 0 aromatic heterocycles. The zero-order valence-corrected chi connectivity index (χ0v) is 23.3. The van der Waals surface area contributed by atoms with Crippen LogP contribution in [-0.4, -0.2) is 42.6 Å². The van der Waals surface area contributed by atoms with Crippen LogP contribution in [-0.2, 0) is 0 Å². The van der Waals surface area contributed by atoms with Crippen molar-refractivity contribution in [1.82, 2.24) is 0 Å². The van der Waals surface area contributed by atoms with Gasteiger partial charge in [0.25, 0.3) is 11.2 Å². The highest BCUT2D eigenvalue weighted by Gasteiger charge is 2.84. The lowest BCUT2D eigenvalue weighted by atomic mass is 9.87. The number of hydrogen-bond donors (Lipinski definition) is 0. The van der Waals surface area contributed by atoms with Crippen LogP contribution in [0.3, 0.4) is 0 Å². The van der Waals surface area contributed by atoms with Gasteiger partial charge in [-0.2, -0.15) is 52.7 Å². The van der Waals surface area contributed by atoms with E-state index < -0.39 is 79.7 Å². The van der Waals surface area contributed by atoms with Gasteiger partial charge in [0.05, 0.1) is 0 Å². The van der Waals surface area contributed by atoms with Crippen molar-refractivity contribution >= 4 is 78.3 Å². The Morgan fingerprint density at radius 3 is 0.974 bits per heavy atom. The van der Waals surface area contributed by atoms with Crippen LogP contribution in [0.4, 0.5) is 79.0 Å². The molecule has 4 atom stereocenters. The third-order valence-electron chi connectivity index (χ3n) is 3.42. The summed E-state index contributed by atoms with van der Waals surface area (Å²) < 4.78 is 212. The van der Waals surface area contributed by atoms with Crippen LogP contribution >= 0.6 is 78.3 Å². The van der Waals surface area contributed by atoms with Crippen LogP contribution in [0, 0.1) is 0 Å². The van der Waals surface area contributed by atoms with Gasteiger partial charge in [-0.15, -0.1) is 0 Å². The molecule has 0 bridgehead atoms. The normalized spacial score (nSPS) is 19.1. The predicted molar refractivity (Wildman–Crippen MR) is 108 cm³/mol. The van der Waals surface area contributed by atoms with Crippen LogP contribution in [0.5, 0.6) is 0 Å². The molecule has 4 unspecified atom stereocenters. The van der Waals surface area contributed by atoms with Gasteiger partial charge >= 0.3 is 43.1 Å². The zero-order valence-electron chi connectivity index (χ0n) is 17.1. The molecule has 0 amide bonds. The second-order valence-electron chi connectivity index (χ2n) is 6.28. The molecule has 0 aliphatic carbocycles. The van der Waals surface area contributed by atoms with Crippen molar-refractivity contribution in [2.45, 2.75) is 56.4 Å². The van der Waals surface area contributed by atoms with Gasteiger partial charge < -0.3 is 0 Å². The molecule has 0 spiro atoms. The molecule has 230 valence electrons. The van der Waals surface area contributed by atoms with Crippen molar-refractivity contribution in [2.75, 3.05) is 0 Å². The SMILES string of the molecule is CC(F)(F)C(F)(Cl)C(F)(F)C(C)(F)C(F)(F)C(F)(Cl)Br.FC(F)=C(F)C(F)(F)C(F)(Cl)Br.FC(F)=C(F)Cl. The summed E-state index contributed by atoms with van der Waals surface area (Å²) in [6.45, 7) is -1.19. The monoisotopic (exact) mass is 814 g/mol. The second kappa shape index (κ2) is 13.5. The van der Waals surface area contributed by atoms with Crippen molar-refractivity contribution < 1.29 is 79.0 Å². The number of alkyl halides is 17. The molecule has 0 nitrogen and oxygen atoms in total. The Morgan fingerprint density at radius 1 is 0.553 bits per heavy atom. The standard InChI is InChI=1S/C8H6BrCl2F9.C4BrClF6.C2ClF3/c1-3(12,7(18,19)8(9,11)20)6(16,17)5(10,15)4(2,13)14;5-4(6,12)3(10,11)1(7)2(8)9;3-1(4)2(5)6/h1-2H3;;. The highest BCUT2D eigenvalue weighted by Crippen LogP contribution is 2.61. The summed E-state index contributed by atoms with van der Waals surface area (Å²) in [4.78, 5) is 0. The summed E-state index contributed by atoms with van der Waals surface area (Å²) >= 11 is 19.8. The first kappa shape index (κ1) is 42.8. The molecule has 0 N–H and O–H groups in total. The maximum absolute atomic E-state index is 13.7. The number of allylic oxidation sites excluding steroid dienone is 1. The van der Waals surface area contributed by atoms with Gasteiger partial charge in [0.15, 0.2) is 0 Å². The summed E-state index contributed by atoms with van der Waals surface area (Å²) in [7, 11) is 0. The number of hydrogen-bond acceptors (Lipinski definition) is 0. The summed E-state index contributed by atoms with van der Waals surface area (Å²) in [6.07, 6.45) is -5.79. The summed E-state index contributed by atoms with van der Waals surface area (Å²) in [6, 6.07) is 0. The summed E-state index contributed by atoms with van der Waals surface area (Å²) in [5, 5.41) is -7.49. The lowest BCUT2D eigenvalue weighted by molar-refractivity contribution is -0.307. The Morgan fingerprint density at radius 2 is 0.842 bits per heavy atom. The van der Waals surface area contributed by atoms with Crippen LogP contribution < -0.4 is 0 Å². The average molecular weight is 818 g/mol. The minimum absolute atomic E-state index is 0.486. The predicted octanol–water partition coefficient (Wildman–Crippen LogP) is 12.0. The van der Waals surface area contributed by atoms with Gasteiger partial charge in [-0.25, -0.2) is 26.3 Å². The second-order valence-corrected chi connectivity index (χ2v) is 11.3. The smallest absolute Gasteiger partial charge is 0.230 e. The van der Waals surface area contributed by atoms with E-state index in [1.165, 1.54) is 31.9 Å². The largest absolute Gasteiger partial charge is 0.361 e. The summed E-state index contributed by atoms with van der Waals surface area (Å²) in [5.74, 6) is -25.4. The van der Waals surface area contributed by atoms with E-state index in [2.05, 4.69) is 46.4 Å². The van der Waals surface area contributed by atoms with Crippen molar-refractivity contribution in [1.29, 1.82) is 0 Å². The third-order valence-corrected chi connectivity index (χ3v) is 5.60. The van der Waals surface area contributed by atoms with E-state index in [-0.39, 0.29) is 0 Å². The van der Waals surface area contributed by atoms with Crippen LogP contribution in [0.1, 0.15) is 13.8 Å². The van der Waals surface area contributed by atoms with Crippen molar-refractivity contribution in [2.24, 2.45) is 0 Å². The van der Waals surface area contributed by atoms with Gasteiger partial charge in [-0.05, 0) is 50.4 Å². The average Bonchev–Trinajstić information content (AvgIpc) is 2.64. The molecule has 0 heterocycles. The van der Waals surface area contributed by atoms with Crippen molar-refractivity contribution in [3.63, 3.8) is 0 Å². The molecule has 0 aromatic rings. The zero-order chi connectivity index (χ0) is 32.3. The van der Waals surface area contributed by atoms with Crippen molar-refractivity contribution in [3.8, 4) is 0 Å². The third kappa shape index (κ3) is 9.72. The molecular formula is C14H6Br2Cl4F18. The Kier molecular flexibility index (Phi) is 15.3. The van der Waals surface area contributed by atoms with Gasteiger partial charge in [0, 0.05) is 6.92 Å². The van der Waals surface area contributed by atoms with Crippen LogP contribution in [0.25, 0.3) is 0 Å². The molecule has 24 heteroatoms. The highest BCUT2D eigenvalue weighted by molar-refractivity contribution is 9.10. The number of rotatable bonds is 7. The fourth-order valence-electron chi connectivity index (χ4n) is 1.28. The highest BCUT2D eigenvalue weighted by atomic mass is 79.9. The fourth-order valence-corrected chi connectivity index (χ4v) is 2.26. The minimum Gasteiger partial charge on any atom is -0.230 e. The first-order valence-electron chi connectivity index (χ1n) is 7.79. The Labute approximate surface area is 236 Å². The van der Waals surface area contributed by atoms with E-state index in [0.717, 1.165) is 0 Å². The Hall–Kier alpha value is 0.340. The first-order chi connectivity index (χ1) is 16.0. The molecule has 38 heavy (non-hydrogen) atoms. The molecule has 0 rings (SSSR count). The molecule has 0 aliphatic rings. The molecule has 0 saturated heterocycles. The van der Waals surface area contributed by atoms with Gasteiger partial charge in [0.1, 0.15) is 0 Å². The molecule has 0 aliphatic heterocycles. The van der Waals surface area contributed by atoms with E-state index >= 15 is 0 Å². The maximum Gasteiger partial charge on any atom is 0.361 e. The Bertz CT molecular complexity index is 797. The van der Waals surface area contributed by atoms with Gasteiger partial charge in [0.2, 0.25) is 11.5 Å². The van der Waals surface area contributed by atoms with E-state index in [4.69, 9.17) is 0 Å². The molecule has 0 saturated carbocycles. The van der Waals surface area contributed by atoms with Gasteiger partial charge in [-0.3, -0.25) is 0 Å². The molecule has 0 radical (unpaired) electrons. The van der Waals surface area contributed by atoms with E-state index in [9.17, 15) is 79.0 Å². The Balaban J connectivity index is -0.000000572. The lowest BCUT2D eigenvalue weighted by Crippen LogP contribution is -2.69. The molecular weight excluding hydrogens is 812 g/mol. The fraction of sp³-hybridized carbons (Fsp3) is 0.714. The van der Waals surface area contributed by atoms with Crippen molar-refractivity contribution in [3.05, 3.63) is 23.3 Å². The van der Waals surface area contributed by atoms with Crippen LogP contribution in [0.15, 0.2) is 23.3 Å². The van der Waals surface area contributed by atoms with Crippen LogP contribution in [0.2, 0.25) is 0 Å². The maximum atomic E-state index is 13.7. The summed E-state index contributed by atoms with van der Waals surface area (Å²) in [5.41, 5.74) is -5.49. The quantitative estimate of drug-likeness (QED) is 0.177. The molecule has 0 fully saturated rings. The van der Waals surface area contributed by atoms with E-state index in [1.54, 1.807) is 0 Å². The van der Waals surface area contributed by atoms with E-state index in [1.807, 2.05) is 0 Å². The molecule has 0 aromatic carbocycles. The van der Waals surface area contributed by atoms with E-state index in [0.29, 0.717) is 0 Å². The minimum atomic E-state index is -6.21. The lowest BCUT2D eigenvalue weighted by Gasteiger charge is -2.43. The first-order valence-corrected chi connectivity index (χ1v) is 10.9. The van der Waals surface area contributed by atoms with Gasteiger partial charge in [-0.1, -0.05) is 34.8 Å². The number of halogens is 24.